The molecular formula is C14H21NO2. The lowest BCUT2D eigenvalue weighted by atomic mass is 10.0. The highest BCUT2D eigenvalue weighted by Gasteiger charge is 2.19. The van der Waals surface area contributed by atoms with Gasteiger partial charge in [-0.2, -0.15) is 0 Å². The third-order valence-corrected chi connectivity index (χ3v) is 3.03. The van der Waals surface area contributed by atoms with E-state index >= 15 is 0 Å². The molecule has 3 nitrogen and oxygen atoms in total. The number of rotatable bonds is 5. The lowest BCUT2D eigenvalue weighted by Gasteiger charge is -2.21. The molecule has 2 N–H and O–H groups in total. The molecule has 1 unspecified atom stereocenters. The maximum Gasteiger partial charge on any atom is 0.251 e. The van der Waals surface area contributed by atoms with Crippen molar-refractivity contribution in [1.82, 2.24) is 5.32 Å². The maximum absolute atomic E-state index is 12.0. The van der Waals surface area contributed by atoms with Crippen molar-refractivity contribution in [2.24, 2.45) is 0 Å². The van der Waals surface area contributed by atoms with E-state index in [1.165, 1.54) is 0 Å². The molecule has 1 amide bonds. The van der Waals surface area contributed by atoms with E-state index in [1.54, 1.807) is 6.92 Å². The van der Waals surface area contributed by atoms with Gasteiger partial charge in [-0.25, -0.2) is 0 Å². The number of carbonyl (C=O) groups is 1. The molecule has 1 aromatic carbocycles. The monoisotopic (exact) mass is 235 g/mol. The van der Waals surface area contributed by atoms with Crippen molar-refractivity contribution in [3.05, 3.63) is 35.4 Å². The van der Waals surface area contributed by atoms with Crippen LogP contribution in [0.5, 0.6) is 0 Å². The first-order chi connectivity index (χ1) is 8.00. The van der Waals surface area contributed by atoms with Crippen molar-refractivity contribution in [2.45, 2.75) is 39.2 Å². The molecule has 0 heterocycles. The SMILES string of the molecule is CCc1ccccc1C(=O)NCC(C)(O)CC. The molecule has 0 saturated carbocycles. The molecule has 0 aliphatic rings. The zero-order valence-electron chi connectivity index (χ0n) is 10.8. The van der Waals surface area contributed by atoms with Crippen LogP contribution in [0.15, 0.2) is 24.3 Å². The summed E-state index contributed by atoms with van der Waals surface area (Å²) in [5.41, 5.74) is 0.889. The van der Waals surface area contributed by atoms with Gasteiger partial charge in [-0.3, -0.25) is 4.79 Å². The Morgan fingerprint density at radius 1 is 1.35 bits per heavy atom. The van der Waals surface area contributed by atoms with E-state index < -0.39 is 5.60 Å². The summed E-state index contributed by atoms with van der Waals surface area (Å²) in [7, 11) is 0. The van der Waals surface area contributed by atoms with Crippen LogP contribution in [0.2, 0.25) is 0 Å². The summed E-state index contributed by atoms with van der Waals surface area (Å²) in [5.74, 6) is -0.115. The van der Waals surface area contributed by atoms with Crippen LogP contribution in [0.3, 0.4) is 0 Å². The molecule has 0 aliphatic heterocycles. The van der Waals surface area contributed by atoms with Crippen LogP contribution in [0, 0.1) is 0 Å². The minimum atomic E-state index is -0.836. The second kappa shape index (κ2) is 5.82. The van der Waals surface area contributed by atoms with E-state index in [9.17, 15) is 9.90 Å². The van der Waals surface area contributed by atoms with Gasteiger partial charge >= 0.3 is 0 Å². The van der Waals surface area contributed by atoms with Gasteiger partial charge in [-0.1, -0.05) is 32.0 Å². The summed E-state index contributed by atoms with van der Waals surface area (Å²) in [6, 6.07) is 7.55. The zero-order chi connectivity index (χ0) is 12.9. The Kier molecular flexibility index (Phi) is 4.70. The first-order valence-electron chi connectivity index (χ1n) is 6.08. The minimum Gasteiger partial charge on any atom is -0.388 e. The molecular weight excluding hydrogens is 214 g/mol. The van der Waals surface area contributed by atoms with Crippen molar-refractivity contribution in [2.75, 3.05) is 6.54 Å². The second-order valence-corrected chi connectivity index (χ2v) is 4.54. The van der Waals surface area contributed by atoms with Crippen molar-refractivity contribution < 1.29 is 9.90 Å². The first kappa shape index (κ1) is 13.7. The summed E-state index contributed by atoms with van der Waals surface area (Å²) >= 11 is 0. The average Bonchev–Trinajstić information content (AvgIpc) is 2.36. The molecule has 0 bridgehead atoms. The van der Waals surface area contributed by atoms with Crippen LogP contribution in [0.4, 0.5) is 0 Å². The van der Waals surface area contributed by atoms with Gasteiger partial charge in [-0.05, 0) is 31.4 Å². The predicted octanol–water partition coefficient (Wildman–Crippen LogP) is 2.14. The van der Waals surface area contributed by atoms with Gasteiger partial charge in [0.25, 0.3) is 5.91 Å². The fourth-order valence-electron chi connectivity index (χ4n) is 1.54. The van der Waals surface area contributed by atoms with Crippen LogP contribution in [0.1, 0.15) is 43.1 Å². The van der Waals surface area contributed by atoms with Crippen LogP contribution >= 0.6 is 0 Å². The van der Waals surface area contributed by atoms with Crippen LogP contribution in [-0.4, -0.2) is 23.2 Å². The van der Waals surface area contributed by atoms with Crippen LogP contribution in [0.25, 0.3) is 0 Å². The topological polar surface area (TPSA) is 49.3 Å². The van der Waals surface area contributed by atoms with Crippen molar-refractivity contribution >= 4 is 5.91 Å². The van der Waals surface area contributed by atoms with E-state index in [4.69, 9.17) is 0 Å². The highest BCUT2D eigenvalue weighted by molar-refractivity contribution is 5.95. The Hall–Kier alpha value is -1.35. The lowest BCUT2D eigenvalue weighted by Crippen LogP contribution is -2.40. The van der Waals surface area contributed by atoms with Crippen molar-refractivity contribution in [3.63, 3.8) is 0 Å². The van der Waals surface area contributed by atoms with Crippen LogP contribution < -0.4 is 5.32 Å². The number of aryl methyl sites for hydroxylation is 1. The molecule has 0 aliphatic carbocycles. The van der Waals surface area contributed by atoms with Gasteiger partial charge in [-0.15, -0.1) is 0 Å². The third-order valence-electron chi connectivity index (χ3n) is 3.03. The molecule has 1 atom stereocenters. The molecule has 1 rings (SSSR count). The van der Waals surface area contributed by atoms with Gasteiger partial charge < -0.3 is 10.4 Å². The molecule has 3 heteroatoms. The van der Waals surface area contributed by atoms with E-state index in [2.05, 4.69) is 5.32 Å². The molecule has 1 aromatic rings. The minimum absolute atomic E-state index is 0.115. The largest absolute Gasteiger partial charge is 0.388 e. The summed E-state index contributed by atoms with van der Waals surface area (Å²) in [5, 5.41) is 12.6. The smallest absolute Gasteiger partial charge is 0.251 e. The van der Waals surface area contributed by atoms with Gasteiger partial charge in [0.05, 0.1) is 5.60 Å². The van der Waals surface area contributed by atoms with E-state index in [1.807, 2.05) is 38.1 Å². The number of aliphatic hydroxyl groups is 1. The highest BCUT2D eigenvalue weighted by atomic mass is 16.3. The lowest BCUT2D eigenvalue weighted by molar-refractivity contribution is 0.0518. The first-order valence-corrected chi connectivity index (χ1v) is 6.08. The quantitative estimate of drug-likeness (QED) is 0.821. The predicted molar refractivity (Wildman–Crippen MR) is 69.1 cm³/mol. The molecule has 0 radical (unpaired) electrons. The number of hydrogen-bond acceptors (Lipinski definition) is 2. The van der Waals surface area contributed by atoms with Gasteiger partial charge in [0.1, 0.15) is 0 Å². The second-order valence-electron chi connectivity index (χ2n) is 4.54. The van der Waals surface area contributed by atoms with E-state index in [0.717, 1.165) is 12.0 Å². The third kappa shape index (κ3) is 3.86. The number of carbonyl (C=O) groups excluding carboxylic acids is 1. The summed E-state index contributed by atoms with van der Waals surface area (Å²) < 4.78 is 0. The maximum atomic E-state index is 12.0. The van der Waals surface area contributed by atoms with Crippen molar-refractivity contribution in [3.8, 4) is 0 Å². The normalized spacial score (nSPS) is 14.1. The summed E-state index contributed by atoms with van der Waals surface area (Å²) in [6.45, 7) is 5.92. The molecule has 17 heavy (non-hydrogen) atoms. The summed E-state index contributed by atoms with van der Waals surface area (Å²) in [6.07, 6.45) is 1.44. The van der Waals surface area contributed by atoms with Gasteiger partial charge in [0.15, 0.2) is 0 Å². The van der Waals surface area contributed by atoms with Crippen LogP contribution in [-0.2, 0) is 6.42 Å². The van der Waals surface area contributed by atoms with E-state index in [-0.39, 0.29) is 12.5 Å². The molecule has 0 spiro atoms. The molecule has 94 valence electrons. The van der Waals surface area contributed by atoms with Gasteiger partial charge in [0.2, 0.25) is 0 Å². The fraction of sp³-hybridized carbons (Fsp3) is 0.500. The Morgan fingerprint density at radius 2 is 2.00 bits per heavy atom. The Labute approximate surface area is 103 Å². The highest BCUT2D eigenvalue weighted by Crippen LogP contribution is 2.11. The molecule has 0 aromatic heterocycles. The molecule has 0 saturated heterocycles. The van der Waals surface area contributed by atoms with E-state index in [0.29, 0.717) is 12.0 Å². The van der Waals surface area contributed by atoms with Crippen molar-refractivity contribution in [1.29, 1.82) is 0 Å². The summed E-state index contributed by atoms with van der Waals surface area (Å²) in [4.78, 5) is 12.0. The standard InChI is InChI=1S/C14H21NO2/c1-4-11-8-6-7-9-12(11)13(16)15-10-14(3,17)5-2/h6-9,17H,4-5,10H2,1-3H3,(H,15,16). The number of nitrogens with one attached hydrogen (secondary N) is 1. The Balaban J connectivity index is 2.70. The number of hydrogen-bond donors (Lipinski definition) is 2. The number of benzene rings is 1. The Bertz CT molecular complexity index is 386. The zero-order valence-corrected chi connectivity index (χ0v) is 10.8. The average molecular weight is 235 g/mol. The fourth-order valence-corrected chi connectivity index (χ4v) is 1.54. The number of amides is 1. The molecule has 0 fully saturated rings. The Morgan fingerprint density at radius 3 is 2.59 bits per heavy atom. The van der Waals surface area contributed by atoms with Gasteiger partial charge in [0, 0.05) is 12.1 Å².